The van der Waals surface area contributed by atoms with E-state index >= 15 is 0 Å². The minimum atomic E-state index is 0.548. The lowest BCUT2D eigenvalue weighted by Gasteiger charge is -2.28. The van der Waals surface area contributed by atoms with E-state index in [1.807, 2.05) is 0 Å². The van der Waals surface area contributed by atoms with Crippen LogP contribution in [0.5, 0.6) is 0 Å². The highest BCUT2D eigenvalue weighted by Gasteiger charge is 2.31. The van der Waals surface area contributed by atoms with Crippen molar-refractivity contribution in [2.75, 3.05) is 6.54 Å². The standard InChI is InChI=1S/C17H27N/c1-5-18-17(16-8-6-7-13(16)3)15-10-9-12(2)14(4)11-15/h9-11,13,16-18H,5-8H2,1-4H3. The minimum Gasteiger partial charge on any atom is -0.310 e. The molecule has 18 heavy (non-hydrogen) atoms. The Morgan fingerprint density at radius 2 is 2.00 bits per heavy atom. The number of aryl methyl sites for hydroxylation is 2. The lowest BCUT2D eigenvalue weighted by atomic mass is 9.85. The van der Waals surface area contributed by atoms with Crippen LogP contribution in [0.2, 0.25) is 0 Å². The molecule has 1 aliphatic carbocycles. The van der Waals surface area contributed by atoms with Crippen molar-refractivity contribution in [3.8, 4) is 0 Å². The predicted octanol–water partition coefficient (Wildman–Crippen LogP) is 4.39. The van der Waals surface area contributed by atoms with E-state index in [9.17, 15) is 0 Å². The van der Waals surface area contributed by atoms with Crippen molar-refractivity contribution in [2.45, 2.75) is 53.0 Å². The van der Waals surface area contributed by atoms with E-state index in [1.54, 1.807) is 0 Å². The molecule has 1 aromatic rings. The summed E-state index contributed by atoms with van der Waals surface area (Å²) in [6.45, 7) is 10.1. The van der Waals surface area contributed by atoms with Gasteiger partial charge < -0.3 is 5.32 Å². The molecule has 0 bridgehead atoms. The van der Waals surface area contributed by atoms with Crippen LogP contribution in [0.25, 0.3) is 0 Å². The van der Waals surface area contributed by atoms with Gasteiger partial charge >= 0.3 is 0 Å². The molecule has 0 aromatic heterocycles. The van der Waals surface area contributed by atoms with E-state index in [4.69, 9.17) is 0 Å². The molecular formula is C17H27N. The highest BCUT2D eigenvalue weighted by Crippen LogP contribution is 2.40. The SMILES string of the molecule is CCNC(c1ccc(C)c(C)c1)C1CCCC1C. The molecule has 3 unspecified atom stereocenters. The second kappa shape index (κ2) is 5.88. The van der Waals surface area contributed by atoms with E-state index in [2.05, 4.69) is 51.2 Å². The average molecular weight is 245 g/mol. The second-order valence-corrected chi connectivity index (χ2v) is 5.95. The van der Waals surface area contributed by atoms with Gasteiger partial charge in [-0.15, -0.1) is 0 Å². The van der Waals surface area contributed by atoms with Crippen LogP contribution >= 0.6 is 0 Å². The first kappa shape index (κ1) is 13.6. The van der Waals surface area contributed by atoms with E-state index in [0.29, 0.717) is 6.04 Å². The molecule has 1 saturated carbocycles. The van der Waals surface area contributed by atoms with Gasteiger partial charge in [-0.1, -0.05) is 44.9 Å². The van der Waals surface area contributed by atoms with Crippen LogP contribution in [-0.2, 0) is 0 Å². The van der Waals surface area contributed by atoms with Gasteiger partial charge in [0.15, 0.2) is 0 Å². The van der Waals surface area contributed by atoms with E-state index in [1.165, 1.54) is 36.0 Å². The molecule has 1 fully saturated rings. The van der Waals surface area contributed by atoms with Gasteiger partial charge in [0.1, 0.15) is 0 Å². The molecule has 1 N–H and O–H groups in total. The number of hydrogen-bond donors (Lipinski definition) is 1. The Kier molecular flexibility index (Phi) is 4.45. The number of rotatable bonds is 4. The Bertz CT molecular complexity index is 397. The monoisotopic (exact) mass is 245 g/mol. The smallest absolute Gasteiger partial charge is 0.0351 e. The summed E-state index contributed by atoms with van der Waals surface area (Å²) in [5, 5.41) is 3.72. The van der Waals surface area contributed by atoms with Gasteiger partial charge in [-0.2, -0.15) is 0 Å². The molecule has 1 aromatic carbocycles. The minimum absolute atomic E-state index is 0.548. The van der Waals surface area contributed by atoms with Gasteiger partial charge in [0.25, 0.3) is 0 Å². The quantitative estimate of drug-likeness (QED) is 0.829. The Hall–Kier alpha value is -0.820. The average Bonchev–Trinajstić information content (AvgIpc) is 2.76. The number of hydrogen-bond acceptors (Lipinski definition) is 1. The van der Waals surface area contributed by atoms with Crippen molar-refractivity contribution in [3.63, 3.8) is 0 Å². The summed E-state index contributed by atoms with van der Waals surface area (Å²) < 4.78 is 0. The molecule has 0 radical (unpaired) electrons. The Balaban J connectivity index is 2.25. The normalized spacial score (nSPS) is 25.3. The van der Waals surface area contributed by atoms with Crippen LogP contribution in [0.15, 0.2) is 18.2 Å². The molecule has 1 heteroatoms. The van der Waals surface area contributed by atoms with Crippen LogP contribution in [0, 0.1) is 25.7 Å². The Morgan fingerprint density at radius 1 is 1.22 bits per heavy atom. The topological polar surface area (TPSA) is 12.0 Å². The third-order valence-corrected chi connectivity index (χ3v) is 4.67. The summed E-state index contributed by atoms with van der Waals surface area (Å²) >= 11 is 0. The lowest BCUT2D eigenvalue weighted by Crippen LogP contribution is -2.29. The second-order valence-electron chi connectivity index (χ2n) is 5.95. The first-order valence-electron chi connectivity index (χ1n) is 7.44. The van der Waals surface area contributed by atoms with Gasteiger partial charge in [-0.05, 0) is 55.3 Å². The van der Waals surface area contributed by atoms with Crippen LogP contribution in [0.1, 0.15) is 55.8 Å². The Labute approximate surface area is 112 Å². The van der Waals surface area contributed by atoms with E-state index < -0.39 is 0 Å². The van der Waals surface area contributed by atoms with Crippen molar-refractivity contribution in [1.82, 2.24) is 5.32 Å². The van der Waals surface area contributed by atoms with Crippen LogP contribution in [0.3, 0.4) is 0 Å². The van der Waals surface area contributed by atoms with E-state index in [-0.39, 0.29) is 0 Å². The summed E-state index contributed by atoms with van der Waals surface area (Å²) in [6.07, 6.45) is 4.18. The van der Waals surface area contributed by atoms with Crippen LogP contribution in [0.4, 0.5) is 0 Å². The predicted molar refractivity (Wildman–Crippen MR) is 78.8 cm³/mol. The van der Waals surface area contributed by atoms with Crippen LogP contribution in [-0.4, -0.2) is 6.54 Å². The zero-order valence-corrected chi connectivity index (χ0v) is 12.3. The van der Waals surface area contributed by atoms with Gasteiger partial charge in [-0.25, -0.2) is 0 Å². The molecule has 0 heterocycles. The summed E-state index contributed by atoms with van der Waals surface area (Å²) in [6, 6.07) is 7.52. The zero-order valence-electron chi connectivity index (χ0n) is 12.3. The largest absolute Gasteiger partial charge is 0.310 e. The molecule has 0 amide bonds. The fourth-order valence-electron chi connectivity index (χ4n) is 3.36. The third kappa shape index (κ3) is 2.77. The maximum absolute atomic E-state index is 3.72. The maximum Gasteiger partial charge on any atom is 0.0351 e. The number of benzene rings is 1. The molecule has 1 aliphatic rings. The first-order chi connectivity index (χ1) is 8.63. The van der Waals surface area contributed by atoms with Crippen molar-refractivity contribution < 1.29 is 0 Å². The fraction of sp³-hybridized carbons (Fsp3) is 0.647. The highest BCUT2D eigenvalue weighted by atomic mass is 14.9. The zero-order chi connectivity index (χ0) is 13.1. The lowest BCUT2D eigenvalue weighted by molar-refractivity contribution is 0.305. The van der Waals surface area contributed by atoms with Crippen molar-refractivity contribution in [2.24, 2.45) is 11.8 Å². The highest BCUT2D eigenvalue weighted by molar-refractivity contribution is 5.32. The molecule has 1 nitrogen and oxygen atoms in total. The van der Waals surface area contributed by atoms with E-state index in [0.717, 1.165) is 18.4 Å². The molecular weight excluding hydrogens is 218 g/mol. The maximum atomic E-state index is 3.72. The molecule has 100 valence electrons. The molecule has 0 aliphatic heterocycles. The third-order valence-electron chi connectivity index (χ3n) is 4.67. The molecule has 2 rings (SSSR count). The summed E-state index contributed by atoms with van der Waals surface area (Å²) in [4.78, 5) is 0. The van der Waals surface area contributed by atoms with Gasteiger partial charge in [0.2, 0.25) is 0 Å². The van der Waals surface area contributed by atoms with Crippen molar-refractivity contribution in [1.29, 1.82) is 0 Å². The molecule has 0 spiro atoms. The molecule has 3 atom stereocenters. The fourth-order valence-corrected chi connectivity index (χ4v) is 3.36. The summed E-state index contributed by atoms with van der Waals surface area (Å²) in [7, 11) is 0. The van der Waals surface area contributed by atoms with Crippen molar-refractivity contribution in [3.05, 3.63) is 34.9 Å². The van der Waals surface area contributed by atoms with Crippen LogP contribution < -0.4 is 5.32 Å². The number of nitrogens with one attached hydrogen (secondary N) is 1. The van der Waals surface area contributed by atoms with Crippen molar-refractivity contribution >= 4 is 0 Å². The summed E-state index contributed by atoms with van der Waals surface area (Å²) in [5.41, 5.74) is 4.30. The Morgan fingerprint density at radius 3 is 2.56 bits per heavy atom. The van der Waals surface area contributed by atoms with Gasteiger partial charge in [-0.3, -0.25) is 0 Å². The van der Waals surface area contributed by atoms with Gasteiger partial charge in [0.05, 0.1) is 0 Å². The van der Waals surface area contributed by atoms with Gasteiger partial charge in [0, 0.05) is 6.04 Å². The summed E-state index contributed by atoms with van der Waals surface area (Å²) in [5.74, 6) is 1.67. The first-order valence-corrected chi connectivity index (χ1v) is 7.44. The molecule has 0 saturated heterocycles.